The summed E-state index contributed by atoms with van der Waals surface area (Å²) in [5, 5.41) is 11.9. The summed E-state index contributed by atoms with van der Waals surface area (Å²) in [6.45, 7) is 0. The van der Waals surface area contributed by atoms with Gasteiger partial charge < -0.3 is 19.9 Å². The van der Waals surface area contributed by atoms with Crippen molar-refractivity contribution >= 4 is 27.6 Å². The lowest BCUT2D eigenvalue weighted by Gasteiger charge is -2.29. The van der Waals surface area contributed by atoms with Crippen molar-refractivity contribution in [1.29, 1.82) is 0 Å². The van der Waals surface area contributed by atoms with Crippen LogP contribution in [-0.2, 0) is 27.4 Å². The molecule has 0 heterocycles. The van der Waals surface area contributed by atoms with E-state index in [1.165, 1.54) is 18.2 Å². The average Bonchev–Trinajstić information content (AvgIpc) is 3.03. The second-order valence-corrected chi connectivity index (χ2v) is 12.7. The minimum Gasteiger partial charge on any atom is -0.490 e. The number of carboxylic acid groups (broad SMARTS) is 1. The number of alkyl halides is 3. The Labute approximate surface area is 269 Å². The third kappa shape index (κ3) is 8.89. The van der Waals surface area contributed by atoms with Crippen molar-refractivity contribution in [3.05, 3.63) is 114 Å². The molecule has 1 fully saturated rings. The highest BCUT2D eigenvalue weighted by molar-refractivity contribution is 7.89. The highest BCUT2D eigenvalue weighted by Crippen LogP contribution is 2.35. The number of carbonyl (C=O) groups excluding carboxylic acids is 1. The van der Waals surface area contributed by atoms with Crippen LogP contribution in [0, 0.1) is 0 Å². The molecule has 0 saturated heterocycles. The highest BCUT2D eigenvalue weighted by Gasteiger charge is 2.38. The van der Waals surface area contributed by atoms with Gasteiger partial charge in [-0.1, -0.05) is 36.4 Å². The molecule has 1 aliphatic rings. The van der Waals surface area contributed by atoms with Crippen LogP contribution >= 0.6 is 0 Å². The largest absolute Gasteiger partial charge is 0.490 e. The fourth-order valence-electron chi connectivity index (χ4n) is 5.27. The van der Waals surface area contributed by atoms with Gasteiger partial charge in [-0.15, -0.1) is 0 Å². The Kier molecular flexibility index (Phi) is 10.2. The molecule has 0 radical (unpaired) electrons. The first-order valence-electron chi connectivity index (χ1n) is 14.7. The van der Waals surface area contributed by atoms with Crippen LogP contribution in [0.15, 0.2) is 102 Å². The Balaban J connectivity index is 1.08. The smallest absolute Gasteiger partial charge is 0.417 e. The Morgan fingerprint density at radius 3 is 2.00 bits per heavy atom. The van der Waals surface area contributed by atoms with Gasteiger partial charge in [0.1, 0.15) is 17.2 Å². The van der Waals surface area contributed by atoms with Crippen molar-refractivity contribution < 1.29 is 45.8 Å². The maximum atomic E-state index is 13.3. The van der Waals surface area contributed by atoms with Gasteiger partial charge in [-0.05, 0) is 91.9 Å². The number of hydrogen-bond acceptors (Lipinski definition) is 6. The van der Waals surface area contributed by atoms with E-state index in [1.54, 1.807) is 60.7 Å². The molecule has 0 aromatic heterocycles. The standard InChI is InChI=1S/C34H31F3N2O7S/c35-34(36,37)29-6-2-4-8-31(29)47(43,44)39-23-11-15-25(16-12-23)46-27-19-17-26(18-20-27)45-24-13-9-22(10-14-24)21-32(40)38-30-7-3-1-5-28(30)33(41)42/h1-10,13-14,17-20,23,25,39H,11-12,15-16,21H2,(H,38,40)(H,41,42). The summed E-state index contributed by atoms with van der Waals surface area (Å²) in [6, 6.07) is 23.6. The number of hydrogen-bond donors (Lipinski definition) is 3. The molecule has 0 aliphatic heterocycles. The van der Waals surface area contributed by atoms with E-state index < -0.39 is 38.7 Å². The Morgan fingerprint density at radius 2 is 1.36 bits per heavy atom. The Morgan fingerprint density at radius 1 is 0.787 bits per heavy atom. The van der Waals surface area contributed by atoms with Crippen LogP contribution in [0.25, 0.3) is 0 Å². The fraction of sp³-hybridized carbons (Fsp3) is 0.235. The van der Waals surface area contributed by atoms with Gasteiger partial charge in [0.05, 0.1) is 34.2 Å². The number of carboxylic acids is 1. The van der Waals surface area contributed by atoms with Crippen molar-refractivity contribution in [2.45, 2.75) is 55.3 Å². The van der Waals surface area contributed by atoms with Gasteiger partial charge in [0.25, 0.3) is 0 Å². The lowest BCUT2D eigenvalue weighted by atomic mass is 9.94. The minimum atomic E-state index is -4.79. The molecule has 4 aromatic carbocycles. The van der Waals surface area contributed by atoms with E-state index in [1.807, 2.05) is 0 Å². The number of carbonyl (C=O) groups is 2. The topological polar surface area (TPSA) is 131 Å². The summed E-state index contributed by atoms with van der Waals surface area (Å²) >= 11 is 0. The SMILES string of the molecule is O=C(Cc1ccc(Oc2ccc(OC3CCC(NS(=O)(=O)c4ccccc4C(F)(F)F)CC3)cc2)cc1)Nc1ccccc1C(=O)O. The molecule has 1 saturated carbocycles. The van der Waals surface area contributed by atoms with Crippen molar-refractivity contribution in [3.8, 4) is 17.2 Å². The molecular weight excluding hydrogens is 637 g/mol. The maximum Gasteiger partial charge on any atom is 0.417 e. The lowest BCUT2D eigenvalue weighted by molar-refractivity contribution is -0.139. The van der Waals surface area contributed by atoms with Gasteiger partial charge in [-0.2, -0.15) is 13.2 Å². The van der Waals surface area contributed by atoms with Crippen LogP contribution in [0.4, 0.5) is 18.9 Å². The predicted molar refractivity (Wildman–Crippen MR) is 167 cm³/mol. The van der Waals surface area contributed by atoms with Crippen molar-refractivity contribution in [3.63, 3.8) is 0 Å². The highest BCUT2D eigenvalue weighted by atomic mass is 32.2. The van der Waals surface area contributed by atoms with Crippen LogP contribution in [0.3, 0.4) is 0 Å². The van der Waals surface area contributed by atoms with Crippen molar-refractivity contribution in [2.75, 3.05) is 5.32 Å². The number of para-hydroxylation sites is 1. The monoisotopic (exact) mass is 668 g/mol. The van der Waals surface area contributed by atoms with Crippen LogP contribution in [0.2, 0.25) is 0 Å². The number of amides is 1. The summed E-state index contributed by atoms with van der Waals surface area (Å²) in [6.07, 6.45) is -3.08. The molecule has 47 heavy (non-hydrogen) atoms. The molecule has 1 amide bonds. The van der Waals surface area contributed by atoms with E-state index in [-0.39, 0.29) is 29.7 Å². The van der Waals surface area contributed by atoms with Crippen LogP contribution < -0.4 is 19.5 Å². The van der Waals surface area contributed by atoms with E-state index >= 15 is 0 Å². The quantitative estimate of drug-likeness (QED) is 0.156. The molecule has 0 bridgehead atoms. The second kappa shape index (κ2) is 14.3. The van der Waals surface area contributed by atoms with Gasteiger partial charge in [0.2, 0.25) is 15.9 Å². The molecule has 13 heteroatoms. The van der Waals surface area contributed by atoms with Crippen molar-refractivity contribution in [1.82, 2.24) is 4.72 Å². The first kappa shape index (κ1) is 33.5. The van der Waals surface area contributed by atoms with Gasteiger partial charge in [-0.3, -0.25) is 4.79 Å². The van der Waals surface area contributed by atoms with E-state index in [9.17, 15) is 36.3 Å². The van der Waals surface area contributed by atoms with E-state index in [0.29, 0.717) is 48.5 Å². The number of rotatable bonds is 11. The number of sulfonamides is 1. The fourth-order valence-corrected chi connectivity index (χ4v) is 6.80. The predicted octanol–water partition coefficient (Wildman–Crippen LogP) is 7.05. The number of halogens is 3. The normalized spacial score (nSPS) is 16.7. The zero-order chi connectivity index (χ0) is 33.6. The molecule has 0 unspecified atom stereocenters. The van der Waals surface area contributed by atoms with Crippen LogP contribution in [0.5, 0.6) is 17.2 Å². The molecular formula is C34H31F3N2O7S. The molecule has 0 spiro atoms. The van der Waals surface area contributed by atoms with Gasteiger partial charge >= 0.3 is 12.1 Å². The second-order valence-electron chi connectivity index (χ2n) is 11.0. The molecule has 9 nitrogen and oxygen atoms in total. The molecule has 0 atom stereocenters. The molecule has 4 aromatic rings. The van der Waals surface area contributed by atoms with E-state index in [2.05, 4.69) is 10.0 Å². The molecule has 5 rings (SSSR count). The number of benzene rings is 4. The lowest BCUT2D eigenvalue weighted by Crippen LogP contribution is -2.40. The first-order valence-corrected chi connectivity index (χ1v) is 16.2. The molecule has 1 aliphatic carbocycles. The first-order chi connectivity index (χ1) is 22.4. The average molecular weight is 669 g/mol. The number of aromatic carboxylic acids is 1. The summed E-state index contributed by atoms with van der Waals surface area (Å²) in [7, 11) is -4.36. The zero-order valence-corrected chi connectivity index (χ0v) is 25.7. The number of nitrogens with one attached hydrogen (secondary N) is 2. The third-order valence-corrected chi connectivity index (χ3v) is 9.14. The summed E-state index contributed by atoms with van der Waals surface area (Å²) in [5.74, 6) is 0.186. The number of ether oxygens (including phenoxy) is 2. The number of anilines is 1. The van der Waals surface area contributed by atoms with Crippen LogP contribution in [0.1, 0.15) is 47.2 Å². The summed E-state index contributed by atoms with van der Waals surface area (Å²) in [4.78, 5) is 23.0. The summed E-state index contributed by atoms with van der Waals surface area (Å²) < 4.78 is 79.9. The van der Waals surface area contributed by atoms with Gasteiger partial charge in [0.15, 0.2) is 0 Å². The van der Waals surface area contributed by atoms with E-state index in [0.717, 1.165) is 18.2 Å². The third-order valence-electron chi connectivity index (χ3n) is 7.56. The van der Waals surface area contributed by atoms with Crippen molar-refractivity contribution in [2.24, 2.45) is 0 Å². The Bertz CT molecular complexity index is 1820. The zero-order valence-electron chi connectivity index (χ0n) is 24.9. The van der Waals surface area contributed by atoms with Gasteiger partial charge in [-0.25, -0.2) is 17.9 Å². The Hall–Kier alpha value is -4.88. The van der Waals surface area contributed by atoms with Crippen LogP contribution in [-0.4, -0.2) is 37.5 Å². The van der Waals surface area contributed by atoms with E-state index in [4.69, 9.17) is 9.47 Å². The molecule has 3 N–H and O–H groups in total. The summed E-state index contributed by atoms with van der Waals surface area (Å²) in [5.41, 5.74) is -0.259. The maximum absolute atomic E-state index is 13.3. The molecule has 246 valence electrons. The van der Waals surface area contributed by atoms with Gasteiger partial charge in [0, 0.05) is 6.04 Å². The minimum absolute atomic E-state index is 0.00600.